The van der Waals surface area contributed by atoms with Gasteiger partial charge in [-0.05, 0) is 36.4 Å². The highest BCUT2D eigenvalue weighted by molar-refractivity contribution is 6.08. The molecule has 0 saturated heterocycles. The van der Waals surface area contributed by atoms with Crippen molar-refractivity contribution in [3.8, 4) is 0 Å². The molecule has 1 N–H and O–H groups in total. The number of hydrogen-bond acceptors (Lipinski definition) is 8. The number of nitrogens with zero attached hydrogens (tertiary/aromatic N) is 2. The fourth-order valence-electron chi connectivity index (χ4n) is 2.86. The van der Waals surface area contributed by atoms with Crippen LogP contribution in [0, 0.1) is 21.9 Å². The fraction of sp³-hybridized carbons (Fsp3) is 0.0870. The van der Waals surface area contributed by atoms with Gasteiger partial charge in [-0.3, -0.25) is 19.7 Å². The van der Waals surface area contributed by atoms with Gasteiger partial charge in [0, 0.05) is 23.4 Å². The standard InChI is InChI=1S/C23H17N3O7/c1-14-5-7-15(8-6-14)21(27)13-33-23(29)16-3-2-4-17(11-16)24-22(28)19-10-9-18(26(31)32)12-20(19)25-30/h2-12H,13H2,1H3,(H,24,28). The molecule has 0 aromatic heterocycles. The Morgan fingerprint density at radius 1 is 1.00 bits per heavy atom. The third-order valence-corrected chi connectivity index (χ3v) is 4.60. The van der Waals surface area contributed by atoms with Crippen LogP contribution in [0.4, 0.5) is 17.1 Å². The Labute approximate surface area is 187 Å². The van der Waals surface area contributed by atoms with Gasteiger partial charge in [-0.15, -0.1) is 4.91 Å². The number of aryl methyl sites for hydroxylation is 1. The number of hydrogen-bond donors (Lipinski definition) is 1. The van der Waals surface area contributed by atoms with Gasteiger partial charge in [0.15, 0.2) is 12.4 Å². The van der Waals surface area contributed by atoms with Crippen molar-refractivity contribution in [3.63, 3.8) is 0 Å². The highest BCUT2D eigenvalue weighted by Crippen LogP contribution is 2.26. The van der Waals surface area contributed by atoms with Crippen LogP contribution in [0.2, 0.25) is 0 Å². The van der Waals surface area contributed by atoms with Crippen LogP contribution in [-0.4, -0.2) is 29.2 Å². The van der Waals surface area contributed by atoms with E-state index in [-0.39, 0.29) is 28.3 Å². The Hall–Kier alpha value is -4.73. The van der Waals surface area contributed by atoms with Crippen LogP contribution in [0.3, 0.4) is 0 Å². The molecule has 0 aliphatic heterocycles. The molecule has 3 rings (SSSR count). The number of nitro groups is 1. The summed E-state index contributed by atoms with van der Waals surface area (Å²) in [6, 6.07) is 15.7. The predicted octanol–water partition coefficient (Wildman–Crippen LogP) is 4.59. The van der Waals surface area contributed by atoms with Crippen LogP contribution >= 0.6 is 0 Å². The topological polar surface area (TPSA) is 145 Å². The van der Waals surface area contributed by atoms with Crippen molar-refractivity contribution < 1.29 is 24.0 Å². The molecule has 10 nitrogen and oxygen atoms in total. The molecule has 0 atom stereocenters. The first-order valence-corrected chi connectivity index (χ1v) is 9.58. The molecule has 3 aromatic carbocycles. The lowest BCUT2D eigenvalue weighted by Crippen LogP contribution is -2.15. The number of rotatable bonds is 8. The maximum absolute atomic E-state index is 12.5. The number of non-ortho nitro benzene ring substituents is 1. The summed E-state index contributed by atoms with van der Waals surface area (Å²) in [5.74, 6) is -1.88. The number of nitrogens with one attached hydrogen (secondary N) is 1. The molecule has 33 heavy (non-hydrogen) atoms. The number of Topliss-reactive ketones (excluding diaryl/α,β-unsaturated/α-hetero) is 1. The lowest BCUT2D eigenvalue weighted by atomic mass is 10.1. The van der Waals surface area contributed by atoms with Crippen molar-refractivity contribution in [2.24, 2.45) is 5.18 Å². The van der Waals surface area contributed by atoms with Gasteiger partial charge in [-0.2, -0.15) is 0 Å². The smallest absolute Gasteiger partial charge is 0.338 e. The Morgan fingerprint density at radius 2 is 1.73 bits per heavy atom. The molecule has 10 heteroatoms. The molecule has 0 spiro atoms. The van der Waals surface area contributed by atoms with Crippen molar-refractivity contribution >= 4 is 34.7 Å². The first kappa shape index (κ1) is 22.9. The minimum absolute atomic E-state index is 0.0851. The Bertz CT molecular complexity index is 1250. The number of anilines is 1. The second-order valence-electron chi connectivity index (χ2n) is 6.95. The molecule has 0 heterocycles. The van der Waals surface area contributed by atoms with Crippen molar-refractivity contribution in [2.75, 3.05) is 11.9 Å². The lowest BCUT2D eigenvalue weighted by Gasteiger charge is -2.09. The predicted molar refractivity (Wildman–Crippen MR) is 119 cm³/mol. The zero-order valence-electron chi connectivity index (χ0n) is 17.3. The van der Waals surface area contributed by atoms with Gasteiger partial charge in [0.1, 0.15) is 5.69 Å². The number of carbonyl (C=O) groups is 3. The van der Waals surface area contributed by atoms with Crippen LogP contribution in [0.5, 0.6) is 0 Å². The molecule has 0 aliphatic carbocycles. The Morgan fingerprint density at radius 3 is 2.39 bits per heavy atom. The normalized spacial score (nSPS) is 10.2. The molecule has 0 radical (unpaired) electrons. The van der Waals surface area contributed by atoms with Gasteiger partial charge in [-0.1, -0.05) is 35.9 Å². The average Bonchev–Trinajstić information content (AvgIpc) is 2.82. The van der Waals surface area contributed by atoms with E-state index >= 15 is 0 Å². The van der Waals surface area contributed by atoms with E-state index in [1.807, 2.05) is 6.92 Å². The van der Waals surface area contributed by atoms with Gasteiger partial charge < -0.3 is 10.1 Å². The Balaban J connectivity index is 1.68. The van der Waals surface area contributed by atoms with Crippen molar-refractivity contribution in [2.45, 2.75) is 6.92 Å². The number of ketones is 1. The van der Waals surface area contributed by atoms with E-state index in [4.69, 9.17) is 4.74 Å². The lowest BCUT2D eigenvalue weighted by molar-refractivity contribution is -0.384. The second kappa shape index (κ2) is 10.1. The molecule has 0 fully saturated rings. The summed E-state index contributed by atoms with van der Waals surface area (Å²) in [5, 5.41) is 16.0. The van der Waals surface area contributed by atoms with E-state index in [0.717, 1.165) is 23.8 Å². The minimum atomic E-state index is -0.767. The van der Waals surface area contributed by atoms with E-state index in [9.17, 15) is 29.4 Å². The number of ether oxygens (including phenoxy) is 1. The van der Waals surface area contributed by atoms with Crippen LogP contribution in [0.1, 0.15) is 36.6 Å². The SMILES string of the molecule is Cc1ccc(C(=O)COC(=O)c2cccc(NC(=O)c3ccc([N+](=O)[O-])cc3N=O)c2)cc1. The zero-order chi connectivity index (χ0) is 24.0. The number of benzene rings is 3. The number of carbonyl (C=O) groups excluding carboxylic acids is 3. The molecule has 0 bridgehead atoms. The summed E-state index contributed by atoms with van der Waals surface area (Å²) in [6.07, 6.45) is 0. The van der Waals surface area contributed by atoms with Crippen LogP contribution in [0.15, 0.2) is 71.9 Å². The summed E-state index contributed by atoms with van der Waals surface area (Å²) < 4.78 is 5.07. The van der Waals surface area contributed by atoms with E-state index < -0.39 is 29.1 Å². The molecule has 1 amide bonds. The van der Waals surface area contributed by atoms with E-state index in [0.29, 0.717) is 5.56 Å². The number of amides is 1. The van der Waals surface area contributed by atoms with Gasteiger partial charge in [0.25, 0.3) is 11.6 Å². The van der Waals surface area contributed by atoms with E-state index in [1.165, 1.54) is 24.3 Å². The van der Waals surface area contributed by atoms with Gasteiger partial charge >= 0.3 is 5.97 Å². The maximum Gasteiger partial charge on any atom is 0.338 e. The molecule has 0 saturated carbocycles. The largest absolute Gasteiger partial charge is 0.454 e. The minimum Gasteiger partial charge on any atom is -0.454 e. The summed E-state index contributed by atoms with van der Waals surface area (Å²) in [7, 11) is 0. The molecule has 3 aromatic rings. The molecule has 166 valence electrons. The third-order valence-electron chi connectivity index (χ3n) is 4.60. The molecule has 0 unspecified atom stereocenters. The van der Waals surface area contributed by atoms with Crippen LogP contribution in [-0.2, 0) is 4.74 Å². The molecular formula is C23H17N3O7. The number of nitro benzene ring substituents is 1. The maximum atomic E-state index is 12.5. The summed E-state index contributed by atoms with van der Waals surface area (Å²) in [5.41, 5.74) is 0.742. The van der Waals surface area contributed by atoms with Crippen molar-refractivity contribution in [3.05, 3.63) is 104 Å². The van der Waals surface area contributed by atoms with Crippen LogP contribution < -0.4 is 5.32 Å². The molecule has 0 aliphatic rings. The summed E-state index contributed by atoms with van der Waals surface area (Å²) in [6.45, 7) is 1.44. The van der Waals surface area contributed by atoms with Gasteiger partial charge in [-0.25, -0.2) is 4.79 Å². The first-order chi connectivity index (χ1) is 15.8. The quantitative estimate of drug-likeness (QED) is 0.175. The summed E-state index contributed by atoms with van der Waals surface area (Å²) >= 11 is 0. The van der Waals surface area contributed by atoms with Gasteiger partial charge in [0.05, 0.1) is 16.1 Å². The highest BCUT2D eigenvalue weighted by Gasteiger charge is 2.18. The number of nitroso groups, excluding NO2 is 1. The first-order valence-electron chi connectivity index (χ1n) is 9.58. The third kappa shape index (κ3) is 5.70. The average molecular weight is 447 g/mol. The highest BCUT2D eigenvalue weighted by atomic mass is 16.6. The van der Waals surface area contributed by atoms with Crippen molar-refractivity contribution in [1.29, 1.82) is 0 Å². The van der Waals surface area contributed by atoms with E-state index in [1.54, 1.807) is 24.3 Å². The number of esters is 1. The zero-order valence-corrected chi connectivity index (χ0v) is 17.3. The summed E-state index contributed by atoms with van der Waals surface area (Å²) in [4.78, 5) is 58.1. The van der Waals surface area contributed by atoms with Crippen molar-refractivity contribution in [1.82, 2.24) is 0 Å². The second-order valence-corrected chi connectivity index (χ2v) is 6.95. The molecular weight excluding hydrogens is 430 g/mol. The van der Waals surface area contributed by atoms with Crippen LogP contribution in [0.25, 0.3) is 0 Å². The van der Waals surface area contributed by atoms with E-state index in [2.05, 4.69) is 10.5 Å². The fourth-order valence-corrected chi connectivity index (χ4v) is 2.86. The monoisotopic (exact) mass is 447 g/mol. The Kier molecular flexibility index (Phi) is 6.99. The van der Waals surface area contributed by atoms with Gasteiger partial charge in [0.2, 0.25) is 0 Å².